The van der Waals surface area contributed by atoms with Gasteiger partial charge in [0.05, 0.1) is 19.3 Å². The fraction of sp³-hybridized carbons (Fsp3) is 0.429. The van der Waals surface area contributed by atoms with Crippen LogP contribution in [0.4, 0.5) is 0 Å². The molecule has 20 heavy (non-hydrogen) atoms. The predicted octanol–water partition coefficient (Wildman–Crippen LogP) is 2.60. The Hall–Kier alpha value is -1.43. The minimum Gasteiger partial charge on any atom is -0.378 e. The normalized spacial score (nSPS) is 20.2. The Morgan fingerprint density at radius 2 is 2.15 bits per heavy atom. The van der Waals surface area contributed by atoms with Gasteiger partial charge in [-0.25, -0.2) is 0 Å². The monoisotopic (exact) mass is 293 g/mol. The maximum atomic E-state index is 5.92. The number of nitrogens with zero attached hydrogens (tertiary/aromatic N) is 3. The molecular weight excluding hydrogens is 278 g/mol. The second kappa shape index (κ2) is 5.91. The molecule has 0 unspecified atom stereocenters. The van der Waals surface area contributed by atoms with Crippen molar-refractivity contribution in [3.8, 4) is 0 Å². The largest absolute Gasteiger partial charge is 0.378 e. The third-order valence-corrected chi connectivity index (χ3v) is 3.63. The van der Waals surface area contributed by atoms with Crippen LogP contribution in [0.25, 0.3) is 0 Å². The second-order valence-electron chi connectivity index (χ2n) is 4.86. The van der Waals surface area contributed by atoms with Crippen molar-refractivity contribution in [3.63, 3.8) is 0 Å². The molecule has 0 bridgehead atoms. The minimum atomic E-state index is 0.0388. The molecule has 0 N–H and O–H groups in total. The smallest absolute Gasteiger partial charge is 0.223 e. The lowest BCUT2D eigenvalue weighted by molar-refractivity contribution is -0.0166. The van der Waals surface area contributed by atoms with E-state index < -0.39 is 0 Å². The molecule has 1 fully saturated rings. The summed E-state index contributed by atoms with van der Waals surface area (Å²) in [7, 11) is 0. The van der Waals surface area contributed by atoms with E-state index in [0.29, 0.717) is 18.3 Å². The van der Waals surface area contributed by atoms with E-state index in [9.17, 15) is 0 Å². The molecule has 1 aliphatic heterocycles. The first kappa shape index (κ1) is 13.5. The van der Waals surface area contributed by atoms with Crippen LogP contribution in [0.1, 0.15) is 23.3 Å². The Kier molecular flexibility index (Phi) is 4.00. The maximum absolute atomic E-state index is 5.92. The van der Waals surface area contributed by atoms with E-state index in [1.54, 1.807) is 6.92 Å². The highest BCUT2D eigenvalue weighted by Gasteiger charge is 2.28. The first-order valence-corrected chi connectivity index (χ1v) is 6.96. The van der Waals surface area contributed by atoms with Gasteiger partial charge in [-0.05, 0) is 17.7 Å². The summed E-state index contributed by atoms with van der Waals surface area (Å²) in [5, 5.41) is 4.77. The topological polar surface area (TPSA) is 51.4 Å². The number of rotatable bonds is 3. The van der Waals surface area contributed by atoms with Crippen molar-refractivity contribution < 1.29 is 9.26 Å². The second-order valence-corrected chi connectivity index (χ2v) is 5.30. The maximum Gasteiger partial charge on any atom is 0.223 e. The number of benzene rings is 1. The number of aryl methyl sites for hydroxylation is 1. The van der Waals surface area contributed by atoms with E-state index in [2.05, 4.69) is 15.0 Å². The van der Waals surface area contributed by atoms with Crippen molar-refractivity contribution in [2.45, 2.75) is 19.5 Å². The van der Waals surface area contributed by atoms with Gasteiger partial charge in [0.25, 0.3) is 0 Å². The summed E-state index contributed by atoms with van der Waals surface area (Å²) in [6.07, 6.45) is 0. The summed E-state index contributed by atoms with van der Waals surface area (Å²) in [6.45, 7) is 4.77. The molecule has 106 valence electrons. The Balaban J connectivity index is 1.77. The average Bonchev–Trinajstić information content (AvgIpc) is 2.88. The van der Waals surface area contributed by atoms with Gasteiger partial charge in [-0.3, -0.25) is 4.90 Å². The van der Waals surface area contributed by atoms with Gasteiger partial charge in [0.1, 0.15) is 0 Å². The van der Waals surface area contributed by atoms with Crippen molar-refractivity contribution in [1.29, 1.82) is 0 Å². The Morgan fingerprint density at radius 1 is 1.35 bits per heavy atom. The molecule has 1 saturated heterocycles. The van der Waals surface area contributed by atoms with Crippen molar-refractivity contribution in [1.82, 2.24) is 15.0 Å². The zero-order chi connectivity index (χ0) is 13.9. The number of ether oxygens (including phenoxy) is 1. The number of hydrogen-bond acceptors (Lipinski definition) is 5. The van der Waals surface area contributed by atoms with E-state index in [-0.39, 0.29) is 6.04 Å². The van der Waals surface area contributed by atoms with Crippen molar-refractivity contribution in [2.75, 3.05) is 19.8 Å². The van der Waals surface area contributed by atoms with E-state index in [0.717, 1.165) is 24.7 Å². The van der Waals surface area contributed by atoms with Crippen LogP contribution in [0, 0.1) is 6.92 Å². The zero-order valence-corrected chi connectivity index (χ0v) is 12.0. The van der Waals surface area contributed by atoms with Crippen LogP contribution >= 0.6 is 11.6 Å². The van der Waals surface area contributed by atoms with Gasteiger partial charge in [0.15, 0.2) is 5.82 Å². The van der Waals surface area contributed by atoms with E-state index in [1.165, 1.54) is 5.56 Å². The molecule has 1 aromatic heterocycles. The zero-order valence-electron chi connectivity index (χ0n) is 11.3. The lowest BCUT2D eigenvalue weighted by Gasteiger charge is -2.33. The highest BCUT2D eigenvalue weighted by atomic mass is 35.5. The van der Waals surface area contributed by atoms with Crippen LogP contribution in [-0.4, -0.2) is 34.8 Å². The molecule has 2 heterocycles. The molecule has 0 aliphatic carbocycles. The third kappa shape index (κ3) is 3.00. The van der Waals surface area contributed by atoms with E-state index >= 15 is 0 Å². The Labute approximate surface area is 122 Å². The molecule has 1 atom stereocenters. The summed E-state index contributed by atoms with van der Waals surface area (Å²) in [4.78, 5) is 6.62. The molecule has 5 nitrogen and oxygen atoms in total. The van der Waals surface area contributed by atoms with Crippen LogP contribution in [0.3, 0.4) is 0 Å². The quantitative estimate of drug-likeness (QED) is 0.870. The first-order valence-electron chi connectivity index (χ1n) is 6.59. The molecule has 1 aromatic carbocycles. The average molecular weight is 294 g/mol. The number of aromatic nitrogens is 2. The molecule has 6 heteroatoms. The van der Waals surface area contributed by atoms with Gasteiger partial charge in [-0.1, -0.05) is 28.9 Å². The standard InChI is InChI=1S/C14H16ClN3O2/c1-10-16-14(17-20-10)13-9-19-7-6-18(13)8-11-2-4-12(15)5-3-11/h2-5,13H,6-9H2,1H3/t13-/m1/s1. The molecular formula is C14H16ClN3O2. The van der Waals surface area contributed by atoms with Gasteiger partial charge >= 0.3 is 0 Å². The lowest BCUT2D eigenvalue weighted by atomic mass is 10.1. The lowest BCUT2D eigenvalue weighted by Crippen LogP contribution is -2.39. The van der Waals surface area contributed by atoms with Crippen LogP contribution in [0.5, 0.6) is 0 Å². The first-order chi connectivity index (χ1) is 9.72. The minimum absolute atomic E-state index is 0.0388. The van der Waals surface area contributed by atoms with Crippen LogP contribution in [0.2, 0.25) is 5.02 Å². The van der Waals surface area contributed by atoms with Crippen molar-refractivity contribution in [2.24, 2.45) is 0 Å². The SMILES string of the molecule is Cc1nc([C@H]2COCCN2Cc2ccc(Cl)cc2)no1. The summed E-state index contributed by atoms with van der Waals surface area (Å²) < 4.78 is 10.6. The molecule has 2 aromatic rings. The summed E-state index contributed by atoms with van der Waals surface area (Å²) in [5.74, 6) is 1.27. The molecule has 1 aliphatic rings. The van der Waals surface area contributed by atoms with Gasteiger partial charge in [-0.15, -0.1) is 0 Å². The van der Waals surface area contributed by atoms with E-state index in [4.69, 9.17) is 20.9 Å². The third-order valence-electron chi connectivity index (χ3n) is 3.38. The van der Waals surface area contributed by atoms with Gasteiger partial charge in [-0.2, -0.15) is 4.98 Å². The molecule has 0 spiro atoms. The van der Waals surface area contributed by atoms with E-state index in [1.807, 2.05) is 24.3 Å². The molecule has 0 radical (unpaired) electrons. The van der Waals surface area contributed by atoms with Gasteiger partial charge in [0.2, 0.25) is 5.89 Å². The predicted molar refractivity (Wildman–Crippen MR) is 74.5 cm³/mol. The highest BCUT2D eigenvalue weighted by Crippen LogP contribution is 2.24. The van der Waals surface area contributed by atoms with Crippen LogP contribution < -0.4 is 0 Å². The highest BCUT2D eigenvalue weighted by molar-refractivity contribution is 6.30. The number of morpholine rings is 1. The van der Waals surface area contributed by atoms with Crippen molar-refractivity contribution >= 4 is 11.6 Å². The summed E-state index contributed by atoms with van der Waals surface area (Å²) >= 11 is 5.92. The molecule has 0 saturated carbocycles. The summed E-state index contributed by atoms with van der Waals surface area (Å²) in [5.41, 5.74) is 1.21. The van der Waals surface area contributed by atoms with Crippen LogP contribution in [0.15, 0.2) is 28.8 Å². The van der Waals surface area contributed by atoms with Gasteiger partial charge < -0.3 is 9.26 Å². The fourth-order valence-corrected chi connectivity index (χ4v) is 2.47. The van der Waals surface area contributed by atoms with Crippen molar-refractivity contribution in [3.05, 3.63) is 46.6 Å². The Morgan fingerprint density at radius 3 is 2.85 bits per heavy atom. The number of halogens is 1. The Bertz CT molecular complexity index is 570. The van der Waals surface area contributed by atoms with Crippen LogP contribution in [-0.2, 0) is 11.3 Å². The molecule has 3 rings (SSSR count). The molecule has 0 amide bonds. The van der Waals surface area contributed by atoms with Gasteiger partial charge in [0, 0.05) is 25.0 Å². The fourth-order valence-electron chi connectivity index (χ4n) is 2.34. The number of hydrogen-bond donors (Lipinski definition) is 0. The summed E-state index contributed by atoms with van der Waals surface area (Å²) in [6, 6.07) is 7.93.